The number of terminal acetylenes is 1. The molecule has 0 heterocycles. The SMILES string of the molecule is C#C.C=C(/C=C\C)C1C=CC(C)=CC1C.C=C/C(C)=C\C(=C)c1ccccc1C.CC.CC.Cc1ccc2c(c1)C(c1ccccc1)(c1ccccc1)c1ccccc1-2. The molecule has 0 saturated heterocycles. The van der Waals surface area contributed by atoms with Gasteiger partial charge in [0.15, 0.2) is 0 Å². The Labute approximate surface area is 359 Å². The Hall–Kier alpha value is -6.16. The molecule has 0 fully saturated rings. The zero-order chi connectivity index (χ0) is 44.0. The van der Waals surface area contributed by atoms with Gasteiger partial charge >= 0.3 is 0 Å². The molecule has 0 heteroatoms. The molecule has 0 saturated carbocycles. The second-order valence-corrected chi connectivity index (χ2v) is 14.2. The molecule has 0 aliphatic heterocycles. The van der Waals surface area contributed by atoms with Gasteiger partial charge in [-0.05, 0) is 96.2 Å². The average molecular weight is 777 g/mol. The van der Waals surface area contributed by atoms with E-state index in [4.69, 9.17) is 0 Å². The molecule has 0 radical (unpaired) electrons. The Kier molecular flexibility index (Phi) is 21.0. The fourth-order valence-corrected chi connectivity index (χ4v) is 7.69. The van der Waals surface area contributed by atoms with E-state index < -0.39 is 0 Å². The third kappa shape index (κ3) is 12.2. The van der Waals surface area contributed by atoms with Gasteiger partial charge < -0.3 is 0 Å². The molecule has 2 unspecified atom stereocenters. The average Bonchev–Trinajstić information content (AvgIpc) is 3.57. The quantitative estimate of drug-likeness (QED) is 0.112. The smallest absolute Gasteiger partial charge is 0.0713 e. The van der Waals surface area contributed by atoms with E-state index in [0.29, 0.717) is 11.8 Å². The predicted molar refractivity (Wildman–Crippen MR) is 265 cm³/mol. The van der Waals surface area contributed by atoms with E-state index >= 15 is 0 Å². The van der Waals surface area contributed by atoms with Crippen molar-refractivity contribution in [2.24, 2.45) is 11.8 Å². The van der Waals surface area contributed by atoms with Crippen molar-refractivity contribution in [1.29, 1.82) is 0 Å². The third-order valence-corrected chi connectivity index (χ3v) is 10.3. The van der Waals surface area contributed by atoms with Gasteiger partial charge in [-0.1, -0.05) is 241 Å². The van der Waals surface area contributed by atoms with Gasteiger partial charge in [0.05, 0.1) is 5.41 Å². The molecule has 0 spiro atoms. The van der Waals surface area contributed by atoms with Crippen LogP contribution >= 0.6 is 0 Å². The molecule has 0 aromatic heterocycles. The maximum atomic E-state index is 4.08. The predicted octanol–water partition coefficient (Wildman–Crippen LogP) is 16.7. The Balaban J connectivity index is 0.000000311. The van der Waals surface area contributed by atoms with E-state index in [-0.39, 0.29) is 5.41 Å². The van der Waals surface area contributed by atoms with Crippen LogP contribution in [0.25, 0.3) is 16.7 Å². The van der Waals surface area contributed by atoms with Crippen molar-refractivity contribution in [3.63, 3.8) is 0 Å². The fourth-order valence-electron chi connectivity index (χ4n) is 7.69. The molecule has 0 amide bonds. The zero-order valence-corrected chi connectivity index (χ0v) is 37.6. The van der Waals surface area contributed by atoms with E-state index in [0.717, 1.165) is 11.1 Å². The number of benzene rings is 5. The summed E-state index contributed by atoms with van der Waals surface area (Å²) >= 11 is 0. The lowest BCUT2D eigenvalue weighted by atomic mass is 9.67. The molecular formula is C59H68. The molecule has 0 bridgehead atoms. The van der Waals surface area contributed by atoms with Crippen LogP contribution in [0.2, 0.25) is 0 Å². The van der Waals surface area contributed by atoms with Gasteiger partial charge in [-0.15, -0.1) is 12.8 Å². The van der Waals surface area contributed by atoms with Crippen molar-refractivity contribution in [2.45, 2.75) is 74.7 Å². The van der Waals surface area contributed by atoms with Crippen LogP contribution in [-0.4, -0.2) is 0 Å². The van der Waals surface area contributed by atoms with Crippen molar-refractivity contribution < 1.29 is 0 Å². The molecule has 59 heavy (non-hydrogen) atoms. The van der Waals surface area contributed by atoms with E-state index in [9.17, 15) is 0 Å². The fraction of sp³-hybridized carbons (Fsp3) is 0.220. The second kappa shape index (κ2) is 25.3. The molecule has 0 N–H and O–H groups in total. The summed E-state index contributed by atoms with van der Waals surface area (Å²) in [6.07, 6.45) is 22.8. The van der Waals surface area contributed by atoms with Crippen LogP contribution in [-0.2, 0) is 5.41 Å². The van der Waals surface area contributed by atoms with Crippen LogP contribution in [0, 0.1) is 38.5 Å². The first-order chi connectivity index (χ1) is 28.6. The largest absolute Gasteiger partial charge is 0.124 e. The second-order valence-electron chi connectivity index (χ2n) is 14.2. The minimum atomic E-state index is -0.263. The first kappa shape index (κ1) is 49.0. The van der Waals surface area contributed by atoms with Crippen LogP contribution < -0.4 is 0 Å². The first-order valence-corrected chi connectivity index (χ1v) is 21.0. The monoisotopic (exact) mass is 777 g/mol. The number of hydrogen-bond donors (Lipinski definition) is 0. The van der Waals surface area contributed by atoms with Gasteiger partial charge in [-0.3, -0.25) is 0 Å². The highest BCUT2D eigenvalue weighted by molar-refractivity contribution is 5.86. The zero-order valence-electron chi connectivity index (χ0n) is 37.6. The summed E-state index contributed by atoms with van der Waals surface area (Å²) in [6.45, 7) is 32.6. The highest BCUT2D eigenvalue weighted by Crippen LogP contribution is 2.56. The number of fused-ring (bicyclic) bond motifs is 3. The van der Waals surface area contributed by atoms with E-state index in [2.05, 4.69) is 206 Å². The summed E-state index contributed by atoms with van der Waals surface area (Å²) in [4.78, 5) is 0. The Morgan fingerprint density at radius 1 is 0.678 bits per heavy atom. The van der Waals surface area contributed by atoms with Crippen LogP contribution in [0.3, 0.4) is 0 Å². The number of allylic oxidation sites excluding steroid dienone is 11. The van der Waals surface area contributed by atoms with Gasteiger partial charge in [-0.25, -0.2) is 0 Å². The molecule has 5 aromatic carbocycles. The van der Waals surface area contributed by atoms with Crippen molar-refractivity contribution in [3.05, 3.63) is 245 Å². The lowest BCUT2D eigenvalue weighted by molar-refractivity contribution is 0.583. The van der Waals surface area contributed by atoms with Gasteiger partial charge in [0, 0.05) is 5.92 Å². The Bertz CT molecular complexity index is 2190. The van der Waals surface area contributed by atoms with Gasteiger partial charge in [-0.2, -0.15) is 0 Å². The Morgan fingerprint density at radius 3 is 1.75 bits per heavy atom. The molecule has 2 atom stereocenters. The number of aryl methyl sites for hydroxylation is 2. The van der Waals surface area contributed by atoms with Gasteiger partial charge in [0.2, 0.25) is 0 Å². The number of hydrogen-bond acceptors (Lipinski definition) is 0. The lowest BCUT2D eigenvalue weighted by Gasteiger charge is -2.34. The van der Waals surface area contributed by atoms with Crippen LogP contribution in [0.5, 0.6) is 0 Å². The third-order valence-electron chi connectivity index (χ3n) is 10.3. The van der Waals surface area contributed by atoms with Crippen molar-refractivity contribution in [1.82, 2.24) is 0 Å². The van der Waals surface area contributed by atoms with Crippen LogP contribution in [0.4, 0.5) is 0 Å². The summed E-state index contributed by atoms with van der Waals surface area (Å²) < 4.78 is 0. The van der Waals surface area contributed by atoms with Gasteiger partial charge in [0.25, 0.3) is 0 Å². The summed E-state index contributed by atoms with van der Waals surface area (Å²) in [6, 6.07) is 45.9. The van der Waals surface area contributed by atoms with Gasteiger partial charge in [0.1, 0.15) is 0 Å². The molecular weight excluding hydrogens is 709 g/mol. The molecule has 304 valence electrons. The van der Waals surface area contributed by atoms with Crippen LogP contribution in [0.15, 0.2) is 206 Å². The number of rotatable bonds is 7. The Morgan fingerprint density at radius 2 is 1.20 bits per heavy atom. The molecule has 5 aromatic rings. The first-order valence-electron chi connectivity index (χ1n) is 21.0. The van der Waals surface area contributed by atoms with E-state index in [1.807, 2.05) is 65.8 Å². The topological polar surface area (TPSA) is 0 Å². The molecule has 0 nitrogen and oxygen atoms in total. The normalized spacial score (nSPS) is 15.1. The maximum Gasteiger partial charge on any atom is 0.0713 e. The summed E-state index contributed by atoms with van der Waals surface area (Å²) in [5.74, 6) is 1.06. The van der Waals surface area contributed by atoms with Crippen molar-refractivity contribution in [3.8, 4) is 24.0 Å². The highest BCUT2D eigenvalue weighted by atomic mass is 14.5. The van der Waals surface area contributed by atoms with E-state index in [1.54, 1.807) is 0 Å². The lowest BCUT2D eigenvalue weighted by Crippen LogP contribution is -2.28. The van der Waals surface area contributed by atoms with Crippen molar-refractivity contribution >= 4 is 5.57 Å². The summed E-state index contributed by atoms with van der Waals surface area (Å²) in [7, 11) is 0. The van der Waals surface area contributed by atoms with E-state index in [1.165, 1.54) is 61.2 Å². The van der Waals surface area contributed by atoms with Crippen LogP contribution in [0.1, 0.15) is 94.3 Å². The minimum absolute atomic E-state index is 0.263. The molecule has 7 rings (SSSR count). The summed E-state index contributed by atoms with van der Waals surface area (Å²) in [5.41, 5.74) is 16.3. The summed E-state index contributed by atoms with van der Waals surface area (Å²) in [5, 5.41) is 0. The maximum absolute atomic E-state index is 4.08. The molecule has 2 aliphatic rings. The standard InChI is InChI=1S/C26H20.C14H16.C13H18.2C2H6.C2H2/c1-19-16-17-23-22-14-8-9-15-24(22)26(25(23)18-19,20-10-4-2-5-11-20)21-12-6-3-7-13-21;1-5-11(2)10-13(4)14-9-7-6-8-12(14)3;1-5-6-11(3)13-8-7-10(2)9-12(13)4;3*1-2/h2-18H,1H3;5-10H,1,4H2,2-3H3;5-9,12-13H,3H2,1-2,4H3;2*1-2H3;1-2H/b;11-10-;6-5-;;;. The van der Waals surface area contributed by atoms with Crippen molar-refractivity contribution in [2.75, 3.05) is 0 Å². The molecule has 2 aliphatic carbocycles. The minimum Gasteiger partial charge on any atom is -0.124 e. The highest BCUT2D eigenvalue weighted by Gasteiger charge is 2.45.